The number of hydrogen-bond donors (Lipinski definition) is 0. The zero-order chi connectivity index (χ0) is 20.1. The van der Waals surface area contributed by atoms with Gasteiger partial charge in [-0.2, -0.15) is 0 Å². The van der Waals surface area contributed by atoms with E-state index in [-0.39, 0.29) is 0 Å². The lowest BCUT2D eigenvalue weighted by atomic mass is 9.96. The first-order valence-corrected chi connectivity index (χ1v) is 9.16. The van der Waals surface area contributed by atoms with Crippen LogP contribution in [-0.4, -0.2) is 5.97 Å². The number of carbonyl (C=O) groups is 1. The van der Waals surface area contributed by atoms with Crippen LogP contribution in [0.4, 0.5) is 0 Å². The van der Waals surface area contributed by atoms with E-state index in [2.05, 4.69) is 51.6 Å². The molecule has 0 atom stereocenters. The van der Waals surface area contributed by atoms with E-state index in [4.69, 9.17) is 9.47 Å². The third kappa shape index (κ3) is 5.10. The molecule has 0 amide bonds. The molecule has 0 bridgehead atoms. The second-order valence-electron chi connectivity index (χ2n) is 6.86. The van der Waals surface area contributed by atoms with E-state index in [1.165, 1.54) is 22.3 Å². The smallest absolute Gasteiger partial charge is 0.338 e. The Morgan fingerprint density at radius 3 is 2.22 bits per heavy atom. The Balaban J connectivity index is 2.22. The molecule has 0 aliphatic carbocycles. The molecule has 27 heavy (non-hydrogen) atoms. The van der Waals surface area contributed by atoms with E-state index >= 15 is 0 Å². The molecule has 0 N–H and O–H groups in total. The predicted octanol–water partition coefficient (Wildman–Crippen LogP) is 6.28. The van der Waals surface area contributed by atoms with Crippen molar-refractivity contribution in [2.45, 2.75) is 48.0 Å². The van der Waals surface area contributed by atoms with Crippen molar-refractivity contribution in [3.63, 3.8) is 0 Å². The highest BCUT2D eigenvalue weighted by Gasteiger charge is 2.10. The third-order valence-electron chi connectivity index (χ3n) is 4.59. The summed E-state index contributed by atoms with van der Waals surface area (Å²) in [5.41, 5.74) is 6.54. The lowest BCUT2D eigenvalue weighted by Crippen LogP contribution is -2.06. The van der Waals surface area contributed by atoms with Crippen molar-refractivity contribution in [3.05, 3.63) is 76.8 Å². The minimum absolute atomic E-state index is 0.353. The SMILES string of the molecule is C=C(C)C(=O)O/C(C)=C(\C)Oc1ccc(-c2ccc(CC)c(C)c2)c(C)c1. The van der Waals surface area contributed by atoms with Crippen LogP contribution < -0.4 is 4.74 Å². The average molecular weight is 364 g/mol. The van der Waals surface area contributed by atoms with Crippen molar-refractivity contribution in [3.8, 4) is 16.9 Å². The van der Waals surface area contributed by atoms with Crippen molar-refractivity contribution in [1.82, 2.24) is 0 Å². The molecule has 0 spiro atoms. The minimum Gasteiger partial charge on any atom is -0.459 e. The van der Waals surface area contributed by atoms with Gasteiger partial charge in [0.25, 0.3) is 0 Å². The fourth-order valence-electron chi connectivity index (χ4n) is 2.83. The van der Waals surface area contributed by atoms with Gasteiger partial charge in [-0.05, 0) is 81.0 Å². The molecule has 2 aromatic rings. The molecular formula is C24H28O3. The third-order valence-corrected chi connectivity index (χ3v) is 4.59. The van der Waals surface area contributed by atoms with Crippen LogP contribution in [0.1, 0.15) is 44.4 Å². The first-order chi connectivity index (χ1) is 12.7. The maximum absolute atomic E-state index is 11.6. The predicted molar refractivity (Wildman–Crippen MR) is 111 cm³/mol. The lowest BCUT2D eigenvalue weighted by Gasteiger charge is -2.13. The Labute approximate surface area is 162 Å². The number of esters is 1. The Hall–Kier alpha value is -2.81. The average Bonchev–Trinajstić information content (AvgIpc) is 2.61. The second kappa shape index (κ2) is 8.72. The molecule has 0 saturated heterocycles. The summed E-state index contributed by atoms with van der Waals surface area (Å²) in [4.78, 5) is 11.6. The molecule has 2 aromatic carbocycles. The van der Waals surface area contributed by atoms with Crippen LogP contribution in [0.3, 0.4) is 0 Å². The first kappa shape index (κ1) is 20.5. The summed E-state index contributed by atoms with van der Waals surface area (Å²) in [6.45, 7) is 15.1. The quantitative estimate of drug-likeness (QED) is 0.344. The normalized spacial score (nSPS) is 11.6. The Morgan fingerprint density at radius 2 is 1.67 bits per heavy atom. The molecule has 0 aromatic heterocycles. The molecule has 3 nitrogen and oxygen atoms in total. The topological polar surface area (TPSA) is 35.5 Å². The molecule has 0 heterocycles. The van der Waals surface area contributed by atoms with Gasteiger partial charge in [0.05, 0.1) is 0 Å². The Morgan fingerprint density at radius 1 is 0.963 bits per heavy atom. The molecular weight excluding hydrogens is 336 g/mol. The number of hydrogen-bond acceptors (Lipinski definition) is 3. The van der Waals surface area contributed by atoms with Crippen LogP contribution in [0.5, 0.6) is 5.75 Å². The van der Waals surface area contributed by atoms with Crippen molar-refractivity contribution in [2.24, 2.45) is 0 Å². The number of aryl methyl sites for hydroxylation is 3. The monoisotopic (exact) mass is 364 g/mol. The Kier molecular flexibility index (Phi) is 6.62. The van der Waals surface area contributed by atoms with Crippen molar-refractivity contribution in [1.29, 1.82) is 0 Å². The van der Waals surface area contributed by atoms with Gasteiger partial charge in [-0.15, -0.1) is 0 Å². The van der Waals surface area contributed by atoms with Crippen LogP contribution >= 0.6 is 0 Å². The molecule has 0 unspecified atom stereocenters. The number of rotatable bonds is 6. The van der Waals surface area contributed by atoms with E-state index in [0.29, 0.717) is 22.8 Å². The molecule has 0 fully saturated rings. The molecule has 0 radical (unpaired) electrons. The van der Waals surface area contributed by atoms with Gasteiger partial charge >= 0.3 is 5.97 Å². The highest BCUT2D eigenvalue weighted by atomic mass is 16.6. The summed E-state index contributed by atoms with van der Waals surface area (Å²) < 4.78 is 11.1. The van der Waals surface area contributed by atoms with Gasteiger partial charge in [-0.3, -0.25) is 0 Å². The number of carbonyl (C=O) groups excluding carboxylic acids is 1. The number of ether oxygens (including phenoxy) is 2. The van der Waals surface area contributed by atoms with Gasteiger partial charge in [0, 0.05) is 5.57 Å². The van der Waals surface area contributed by atoms with Gasteiger partial charge in [0.2, 0.25) is 0 Å². The zero-order valence-electron chi connectivity index (χ0n) is 17.1. The lowest BCUT2D eigenvalue weighted by molar-refractivity contribution is -0.135. The molecule has 0 saturated carbocycles. The van der Waals surface area contributed by atoms with Crippen LogP contribution in [0.25, 0.3) is 11.1 Å². The molecule has 142 valence electrons. The van der Waals surface area contributed by atoms with E-state index in [9.17, 15) is 4.79 Å². The molecule has 2 rings (SSSR count). The van der Waals surface area contributed by atoms with Crippen molar-refractivity contribution < 1.29 is 14.3 Å². The summed E-state index contributed by atoms with van der Waals surface area (Å²) in [6.07, 6.45) is 1.04. The summed E-state index contributed by atoms with van der Waals surface area (Å²) >= 11 is 0. The van der Waals surface area contributed by atoms with Gasteiger partial charge < -0.3 is 9.47 Å². The van der Waals surface area contributed by atoms with Crippen molar-refractivity contribution in [2.75, 3.05) is 0 Å². The van der Waals surface area contributed by atoms with Gasteiger partial charge in [-0.1, -0.05) is 37.8 Å². The Bertz CT molecular complexity index is 904. The van der Waals surface area contributed by atoms with Crippen molar-refractivity contribution >= 4 is 5.97 Å². The zero-order valence-corrected chi connectivity index (χ0v) is 17.1. The summed E-state index contributed by atoms with van der Waals surface area (Å²) in [6, 6.07) is 12.6. The first-order valence-electron chi connectivity index (χ1n) is 9.16. The molecule has 0 aliphatic heterocycles. The van der Waals surface area contributed by atoms with Crippen LogP contribution in [0.15, 0.2) is 60.1 Å². The standard InChI is InChI=1S/C24H28O3/c1-8-20-9-10-21(13-16(20)4)23-12-11-22(14-17(23)5)26-18(6)19(7)27-24(25)15(2)3/h9-14H,2,8H2,1,3-7H3/b19-18+. The van der Waals surface area contributed by atoms with E-state index in [0.717, 1.165) is 12.0 Å². The minimum atomic E-state index is -0.451. The van der Waals surface area contributed by atoms with Gasteiger partial charge in [0.1, 0.15) is 17.3 Å². The van der Waals surface area contributed by atoms with Gasteiger partial charge in [0.15, 0.2) is 0 Å². The maximum Gasteiger partial charge on any atom is 0.338 e. The molecule has 3 heteroatoms. The van der Waals surface area contributed by atoms with Crippen LogP contribution in [-0.2, 0) is 16.0 Å². The van der Waals surface area contributed by atoms with Gasteiger partial charge in [-0.25, -0.2) is 4.79 Å². The highest BCUT2D eigenvalue weighted by molar-refractivity contribution is 5.87. The fraction of sp³-hybridized carbons (Fsp3) is 0.292. The summed E-state index contributed by atoms with van der Waals surface area (Å²) in [5, 5.41) is 0. The maximum atomic E-state index is 11.6. The largest absolute Gasteiger partial charge is 0.459 e. The number of allylic oxidation sites excluding steroid dienone is 2. The van der Waals surface area contributed by atoms with E-state index in [1.54, 1.807) is 20.8 Å². The summed E-state index contributed by atoms with van der Waals surface area (Å²) in [7, 11) is 0. The second-order valence-corrected chi connectivity index (χ2v) is 6.86. The molecule has 0 aliphatic rings. The number of benzene rings is 2. The van der Waals surface area contributed by atoms with E-state index in [1.807, 2.05) is 12.1 Å². The summed E-state index contributed by atoms with van der Waals surface area (Å²) in [5.74, 6) is 1.23. The van der Waals surface area contributed by atoms with Crippen LogP contribution in [0, 0.1) is 13.8 Å². The van der Waals surface area contributed by atoms with Crippen LogP contribution in [0.2, 0.25) is 0 Å². The van der Waals surface area contributed by atoms with E-state index < -0.39 is 5.97 Å². The fourth-order valence-corrected chi connectivity index (χ4v) is 2.83. The highest BCUT2D eigenvalue weighted by Crippen LogP contribution is 2.29.